The average Bonchev–Trinajstić information content (AvgIpc) is 3.39. The summed E-state index contributed by atoms with van der Waals surface area (Å²) in [6.07, 6.45) is 8.55. The molecule has 7 rings (SSSR count). The van der Waals surface area contributed by atoms with Crippen molar-refractivity contribution in [1.29, 1.82) is 0 Å². The summed E-state index contributed by atoms with van der Waals surface area (Å²) in [5, 5.41) is 1.14. The highest BCUT2D eigenvalue weighted by atomic mass is 16.2. The Bertz CT molecular complexity index is 1430. The SMILES string of the molecule is Cn1c(-c2cc3cccnc3n2CC2CC2)nc2cc(C(=O)N3C4CCC(N)C3CC4)ccc21. The Labute approximate surface area is 198 Å². The molecule has 5 heterocycles. The Hall–Kier alpha value is -3.19. The highest BCUT2D eigenvalue weighted by Crippen LogP contribution is 2.38. The number of hydrogen-bond acceptors (Lipinski definition) is 4. The molecule has 1 amide bonds. The third kappa shape index (κ3) is 3.03. The van der Waals surface area contributed by atoms with Crippen molar-refractivity contribution in [3.63, 3.8) is 0 Å². The Morgan fingerprint density at radius 2 is 1.94 bits per heavy atom. The standard InChI is InChI=1S/C27H30N6O/c1-31-23-10-6-18(27(34)33-19-7-9-20(28)22(33)11-8-19)13-21(23)30-26(31)24-14-17-3-2-12-29-25(17)32(24)15-16-4-5-16/h2-3,6,10,12-14,16,19-20,22H,4-5,7-9,11,15,28H2,1H3. The van der Waals surface area contributed by atoms with Gasteiger partial charge in [0.05, 0.1) is 16.7 Å². The van der Waals surface area contributed by atoms with Crippen molar-refractivity contribution in [2.75, 3.05) is 0 Å². The molecule has 3 aliphatic rings. The van der Waals surface area contributed by atoms with Crippen molar-refractivity contribution in [2.45, 2.75) is 63.2 Å². The van der Waals surface area contributed by atoms with Crippen LogP contribution in [0.15, 0.2) is 42.6 Å². The van der Waals surface area contributed by atoms with E-state index in [1.54, 1.807) is 0 Å². The smallest absolute Gasteiger partial charge is 0.254 e. The van der Waals surface area contributed by atoms with Gasteiger partial charge in [0.25, 0.3) is 5.91 Å². The first-order valence-electron chi connectivity index (χ1n) is 12.6. The molecule has 2 aliphatic heterocycles. The molecule has 1 aliphatic carbocycles. The zero-order valence-electron chi connectivity index (χ0n) is 19.5. The van der Waals surface area contributed by atoms with Gasteiger partial charge in [-0.25, -0.2) is 9.97 Å². The van der Waals surface area contributed by atoms with E-state index in [1.807, 2.05) is 30.5 Å². The molecule has 0 radical (unpaired) electrons. The van der Waals surface area contributed by atoms with Crippen molar-refractivity contribution in [2.24, 2.45) is 18.7 Å². The molecule has 7 heteroatoms. The Morgan fingerprint density at radius 1 is 1.09 bits per heavy atom. The monoisotopic (exact) mass is 454 g/mol. The molecule has 1 saturated carbocycles. The van der Waals surface area contributed by atoms with Crippen LogP contribution in [0.5, 0.6) is 0 Å². The fraction of sp³-hybridized carbons (Fsp3) is 0.444. The van der Waals surface area contributed by atoms with Gasteiger partial charge in [-0.3, -0.25) is 4.79 Å². The lowest BCUT2D eigenvalue weighted by Gasteiger charge is -2.38. The number of fused-ring (bicyclic) bond motifs is 4. The molecule has 3 unspecified atom stereocenters. The number of aryl methyl sites for hydroxylation is 1. The van der Waals surface area contributed by atoms with Crippen LogP contribution >= 0.6 is 0 Å². The number of nitrogens with two attached hydrogens (primary N) is 1. The third-order valence-electron chi connectivity index (χ3n) is 8.26. The Kier molecular flexibility index (Phi) is 4.40. The fourth-order valence-electron chi connectivity index (χ4n) is 6.24. The summed E-state index contributed by atoms with van der Waals surface area (Å²) in [6, 6.07) is 12.9. The molecule has 34 heavy (non-hydrogen) atoms. The minimum Gasteiger partial charge on any atom is -0.331 e. The van der Waals surface area contributed by atoms with Crippen LogP contribution in [0.3, 0.4) is 0 Å². The van der Waals surface area contributed by atoms with Gasteiger partial charge in [-0.05, 0) is 80.8 Å². The van der Waals surface area contributed by atoms with E-state index in [0.717, 1.165) is 71.7 Å². The summed E-state index contributed by atoms with van der Waals surface area (Å²) in [7, 11) is 2.06. The van der Waals surface area contributed by atoms with Crippen molar-refractivity contribution in [1.82, 2.24) is 24.0 Å². The highest BCUT2D eigenvalue weighted by molar-refractivity contribution is 5.98. The molecule has 2 N–H and O–H groups in total. The maximum atomic E-state index is 13.5. The van der Waals surface area contributed by atoms with Crippen LogP contribution in [0.2, 0.25) is 0 Å². The third-order valence-corrected chi connectivity index (χ3v) is 8.26. The van der Waals surface area contributed by atoms with Gasteiger partial charge in [0.2, 0.25) is 0 Å². The number of nitrogens with zero attached hydrogens (tertiary/aromatic N) is 5. The van der Waals surface area contributed by atoms with E-state index < -0.39 is 0 Å². The van der Waals surface area contributed by atoms with Crippen LogP contribution in [0.4, 0.5) is 0 Å². The maximum absolute atomic E-state index is 13.5. The second-order valence-electron chi connectivity index (χ2n) is 10.4. The fourth-order valence-corrected chi connectivity index (χ4v) is 6.24. The number of benzene rings is 1. The predicted molar refractivity (Wildman–Crippen MR) is 132 cm³/mol. The van der Waals surface area contributed by atoms with Gasteiger partial charge in [0, 0.05) is 48.9 Å². The zero-order chi connectivity index (χ0) is 23.0. The quantitative estimate of drug-likeness (QED) is 0.503. The van der Waals surface area contributed by atoms with Gasteiger partial charge >= 0.3 is 0 Å². The van der Waals surface area contributed by atoms with Gasteiger partial charge in [0.1, 0.15) is 5.65 Å². The number of hydrogen-bond donors (Lipinski definition) is 1. The van der Waals surface area contributed by atoms with Gasteiger partial charge in [-0.1, -0.05) is 0 Å². The molecule has 2 saturated heterocycles. The largest absolute Gasteiger partial charge is 0.331 e. The zero-order valence-corrected chi connectivity index (χ0v) is 19.5. The van der Waals surface area contributed by atoms with Crippen LogP contribution in [0.25, 0.3) is 33.6 Å². The minimum absolute atomic E-state index is 0.0925. The number of carbonyl (C=O) groups is 1. The van der Waals surface area contributed by atoms with Crippen LogP contribution in [0.1, 0.15) is 48.9 Å². The Balaban J connectivity index is 1.30. The highest BCUT2D eigenvalue weighted by Gasteiger charge is 2.43. The van der Waals surface area contributed by atoms with Crippen LogP contribution < -0.4 is 5.73 Å². The number of amides is 1. The first-order chi connectivity index (χ1) is 16.6. The van der Waals surface area contributed by atoms with Crippen molar-refractivity contribution in [3.8, 4) is 11.5 Å². The van der Waals surface area contributed by atoms with Gasteiger partial charge in [-0.2, -0.15) is 0 Å². The van der Waals surface area contributed by atoms with Crippen LogP contribution in [-0.4, -0.2) is 48.0 Å². The predicted octanol–water partition coefficient (Wildman–Crippen LogP) is 4.09. The number of carbonyl (C=O) groups excluding carboxylic acids is 1. The first kappa shape index (κ1) is 20.2. The molecular weight excluding hydrogens is 424 g/mol. The number of aromatic nitrogens is 4. The molecule has 4 aromatic rings. The number of imidazole rings is 1. The van der Waals surface area contributed by atoms with Crippen LogP contribution in [0, 0.1) is 5.92 Å². The molecular formula is C27H30N6O. The average molecular weight is 455 g/mol. The second-order valence-corrected chi connectivity index (χ2v) is 10.4. The molecule has 3 fully saturated rings. The lowest BCUT2D eigenvalue weighted by Crippen LogP contribution is -2.53. The second kappa shape index (κ2) is 7.40. The van der Waals surface area contributed by atoms with E-state index in [0.29, 0.717) is 11.6 Å². The summed E-state index contributed by atoms with van der Waals surface area (Å²) in [5.74, 6) is 1.74. The minimum atomic E-state index is 0.0925. The lowest BCUT2D eigenvalue weighted by atomic mass is 9.97. The van der Waals surface area contributed by atoms with Gasteiger partial charge in [0.15, 0.2) is 5.82 Å². The van der Waals surface area contributed by atoms with E-state index in [-0.39, 0.29) is 18.0 Å². The maximum Gasteiger partial charge on any atom is 0.254 e. The number of pyridine rings is 1. The lowest BCUT2D eigenvalue weighted by molar-refractivity contribution is 0.0563. The summed E-state index contributed by atoms with van der Waals surface area (Å²) in [4.78, 5) is 25.3. The normalized spacial score (nSPS) is 24.4. The summed E-state index contributed by atoms with van der Waals surface area (Å²) < 4.78 is 4.47. The first-order valence-corrected chi connectivity index (χ1v) is 12.6. The topological polar surface area (TPSA) is 82.0 Å². The van der Waals surface area contributed by atoms with Gasteiger partial charge < -0.3 is 19.8 Å². The van der Waals surface area contributed by atoms with Gasteiger partial charge in [-0.15, -0.1) is 0 Å². The van der Waals surface area contributed by atoms with Crippen molar-refractivity contribution >= 4 is 28.0 Å². The van der Waals surface area contributed by atoms with Crippen LogP contribution in [-0.2, 0) is 13.6 Å². The van der Waals surface area contributed by atoms with Crippen molar-refractivity contribution in [3.05, 3.63) is 48.2 Å². The molecule has 3 aromatic heterocycles. The summed E-state index contributed by atoms with van der Waals surface area (Å²) >= 11 is 0. The molecule has 7 nitrogen and oxygen atoms in total. The molecule has 0 spiro atoms. The van der Waals surface area contributed by atoms with E-state index in [2.05, 4.69) is 38.2 Å². The van der Waals surface area contributed by atoms with E-state index in [4.69, 9.17) is 10.7 Å². The van der Waals surface area contributed by atoms with E-state index in [1.165, 1.54) is 12.8 Å². The molecule has 1 aromatic carbocycles. The van der Waals surface area contributed by atoms with E-state index in [9.17, 15) is 4.79 Å². The summed E-state index contributed by atoms with van der Waals surface area (Å²) in [5.41, 5.74) is 11.1. The molecule has 174 valence electrons. The molecule has 3 atom stereocenters. The number of rotatable bonds is 4. The van der Waals surface area contributed by atoms with E-state index >= 15 is 0 Å². The van der Waals surface area contributed by atoms with Crippen molar-refractivity contribution < 1.29 is 4.79 Å². The molecule has 2 bridgehead atoms. The summed E-state index contributed by atoms with van der Waals surface area (Å²) in [6.45, 7) is 0.973. The Morgan fingerprint density at radius 3 is 2.79 bits per heavy atom. The number of piperidine rings is 1.